The summed E-state index contributed by atoms with van der Waals surface area (Å²) in [6, 6.07) is 17.3. The molecule has 1 heterocycles. The van der Waals surface area contributed by atoms with E-state index in [1.807, 2.05) is 59.2 Å². The maximum Gasteiger partial charge on any atom is 0.216 e. The lowest BCUT2D eigenvalue weighted by atomic mass is 10.1. The molecule has 5 heteroatoms. The molecule has 1 amide bonds. The van der Waals surface area contributed by atoms with Gasteiger partial charge in [0.1, 0.15) is 5.82 Å². The lowest BCUT2D eigenvalue weighted by Gasteiger charge is -2.09. The van der Waals surface area contributed by atoms with Gasteiger partial charge in [0.05, 0.1) is 17.6 Å². The van der Waals surface area contributed by atoms with Gasteiger partial charge in [-0.15, -0.1) is 0 Å². The number of rotatable bonds is 9. The molecule has 0 aliphatic heterocycles. The van der Waals surface area contributed by atoms with Gasteiger partial charge in [0.2, 0.25) is 5.91 Å². The number of nitrogens with zero attached hydrogens (tertiary/aromatic N) is 2. The van der Waals surface area contributed by atoms with Crippen molar-refractivity contribution < 1.29 is 9.59 Å². The van der Waals surface area contributed by atoms with Crippen molar-refractivity contribution in [2.45, 2.75) is 39.2 Å². The van der Waals surface area contributed by atoms with Crippen LogP contribution in [-0.2, 0) is 17.8 Å². The van der Waals surface area contributed by atoms with Crippen LogP contribution in [0, 0.1) is 0 Å². The molecule has 0 bridgehead atoms. The standard InChI is InChI=1S/C22H25N3O2/c1-17(26)23-15-9-3-6-14-22-24-19-12-7-8-13-20(19)25(22)16-21(27)18-10-4-2-5-11-18/h2,4-5,7-8,10-13H,3,6,9,14-16H2,1H3,(H,23,26). The number of nitrogens with one attached hydrogen (secondary N) is 1. The van der Waals surface area contributed by atoms with E-state index in [9.17, 15) is 9.59 Å². The van der Waals surface area contributed by atoms with Crippen LogP contribution in [0.2, 0.25) is 0 Å². The smallest absolute Gasteiger partial charge is 0.216 e. The molecule has 0 spiro atoms. The number of carbonyl (C=O) groups excluding carboxylic acids is 2. The largest absolute Gasteiger partial charge is 0.356 e. The number of aryl methyl sites for hydroxylation is 1. The minimum atomic E-state index is 0.0104. The van der Waals surface area contributed by atoms with Gasteiger partial charge in [-0.2, -0.15) is 0 Å². The molecule has 1 N–H and O–H groups in total. The van der Waals surface area contributed by atoms with Gasteiger partial charge < -0.3 is 9.88 Å². The van der Waals surface area contributed by atoms with Gasteiger partial charge >= 0.3 is 0 Å². The number of hydrogen-bond donors (Lipinski definition) is 1. The number of aromatic nitrogens is 2. The second kappa shape index (κ2) is 9.12. The van der Waals surface area contributed by atoms with Crippen molar-refractivity contribution in [1.82, 2.24) is 14.9 Å². The van der Waals surface area contributed by atoms with E-state index in [0.29, 0.717) is 13.1 Å². The summed E-state index contributed by atoms with van der Waals surface area (Å²) in [6.45, 7) is 2.54. The summed E-state index contributed by atoms with van der Waals surface area (Å²) < 4.78 is 2.04. The second-order valence-electron chi connectivity index (χ2n) is 6.69. The zero-order valence-electron chi connectivity index (χ0n) is 15.6. The minimum Gasteiger partial charge on any atom is -0.356 e. The molecule has 0 unspecified atom stereocenters. The molecule has 140 valence electrons. The Morgan fingerprint density at radius 2 is 1.70 bits per heavy atom. The van der Waals surface area contributed by atoms with Crippen molar-refractivity contribution in [1.29, 1.82) is 0 Å². The highest BCUT2D eigenvalue weighted by molar-refractivity contribution is 5.96. The zero-order valence-corrected chi connectivity index (χ0v) is 15.6. The maximum atomic E-state index is 12.7. The van der Waals surface area contributed by atoms with E-state index in [2.05, 4.69) is 5.32 Å². The minimum absolute atomic E-state index is 0.0104. The van der Waals surface area contributed by atoms with E-state index in [-0.39, 0.29) is 11.7 Å². The monoisotopic (exact) mass is 363 g/mol. The summed E-state index contributed by atoms with van der Waals surface area (Å²) in [5.41, 5.74) is 2.64. The molecule has 0 saturated carbocycles. The molecule has 3 rings (SSSR count). The quantitative estimate of drug-likeness (QED) is 0.465. The van der Waals surface area contributed by atoms with Crippen LogP contribution in [0.3, 0.4) is 0 Å². The van der Waals surface area contributed by atoms with E-state index in [1.165, 1.54) is 6.92 Å². The first-order valence-electron chi connectivity index (χ1n) is 9.42. The summed E-state index contributed by atoms with van der Waals surface area (Å²) in [5.74, 6) is 1.04. The van der Waals surface area contributed by atoms with Crippen molar-refractivity contribution in [3.63, 3.8) is 0 Å². The van der Waals surface area contributed by atoms with E-state index in [4.69, 9.17) is 4.98 Å². The van der Waals surface area contributed by atoms with Crippen molar-refractivity contribution >= 4 is 22.7 Å². The number of ketones is 1. The molecule has 27 heavy (non-hydrogen) atoms. The highest BCUT2D eigenvalue weighted by atomic mass is 16.1. The first kappa shape index (κ1) is 18.8. The zero-order chi connectivity index (χ0) is 19.1. The molecule has 3 aromatic rings. The van der Waals surface area contributed by atoms with Crippen molar-refractivity contribution in [3.8, 4) is 0 Å². The summed E-state index contributed by atoms with van der Waals surface area (Å²) in [5, 5.41) is 2.82. The number of Topliss-reactive ketones (excluding diaryl/α,β-unsaturated/α-hetero) is 1. The molecular formula is C22H25N3O2. The normalized spacial score (nSPS) is 10.9. The third-order valence-electron chi connectivity index (χ3n) is 4.58. The lowest BCUT2D eigenvalue weighted by Crippen LogP contribution is -2.20. The summed E-state index contributed by atoms with van der Waals surface area (Å²) in [4.78, 5) is 28.3. The van der Waals surface area contributed by atoms with Crippen LogP contribution in [0.1, 0.15) is 42.4 Å². The third kappa shape index (κ3) is 5.03. The summed E-state index contributed by atoms with van der Waals surface area (Å²) in [7, 11) is 0. The predicted octanol–water partition coefficient (Wildman–Crippen LogP) is 3.77. The maximum absolute atomic E-state index is 12.7. The number of fused-ring (bicyclic) bond motifs is 1. The van der Waals surface area contributed by atoms with E-state index >= 15 is 0 Å². The fourth-order valence-corrected chi connectivity index (χ4v) is 3.20. The molecule has 0 aliphatic rings. The third-order valence-corrected chi connectivity index (χ3v) is 4.58. The first-order chi connectivity index (χ1) is 13.1. The van der Waals surface area contributed by atoms with Crippen LogP contribution < -0.4 is 5.32 Å². The first-order valence-corrected chi connectivity index (χ1v) is 9.42. The Morgan fingerprint density at radius 1 is 0.963 bits per heavy atom. The van der Waals surface area contributed by atoms with Crippen LogP contribution in [0.4, 0.5) is 0 Å². The number of unbranched alkanes of at least 4 members (excludes halogenated alkanes) is 2. The molecule has 0 saturated heterocycles. The average molecular weight is 363 g/mol. The Hall–Kier alpha value is -2.95. The number of carbonyl (C=O) groups is 2. The molecule has 5 nitrogen and oxygen atoms in total. The molecule has 2 aromatic carbocycles. The number of para-hydroxylation sites is 2. The topological polar surface area (TPSA) is 64.0 Å². The molecule has 0 fully saturated rings. The van der Waals surface area contributed by atoms with Crippen LogP contribution in [0.25, 0.3) is 11.0 Å². The highest BCUT2D eigenvalue weighted by Crippen LogP contribution is 2.19. The van der Waals surface area contributed by atoms with Gasteiger partial charge in [0, 0.05) is 25.5 Å². The van der Waals surface area contributed by atoms with Crippen LogP contribution in [0.15, 0.2) is 54.6 Å². The Morgan fingerprint density at radius 3 is 2.48 bits per heavy atom. The lowest BCUT2D eigenvalue weighted by molar-refractivity contribution is -0.118. The van der Waals surface area contributed by atoms with Gasteiger partial charge in [-0.3, -0.25) is 9.59 Å². The average Bonchev–Trinajstić information content (AvgIpc) is 3.02. The highest BCUT2D eigenvalue weighted by Gasteiger charge is 2.14. The van der Waals surface area contributed by atoms with Crippen LogP contribution in [-0.4, -0.2) is 27.8 Å². The predicted molar refractivity (Wildman–Crippen MR) is 107 cm³/mol. The second-order valence-corrected chi connectivity index (χ2v) is 6.69. The van der Waals surface area contributed by atoms with Crippen LogP contribution in [0.5, 0.6) is 0 Å². The van der Waals surface area contributed by atoms with Crippen LogP contribution >= 0.6 is 0 Å². The Kier molecular flexibility index (Phi) is 6.36. The van der Waals surface area contributed by atoms with Gasteiger partial charge in [0.25, 0.3) is 0 Å². The molecule has 0 aliphatic carbocycles. The fourth-order valence-electron chi connectivity index (χ4n) is 3.20. The number of imidazole rings is 1. The molecule has 1 aromatic heterocycles. The Balaban J connectivity index is 1.70. The Bertz CT molecular complexity index is 916. The van der Waals surface area contributed by atoms with Gasteiger partial charge in [-0.25, -0.2) is 4.98 Å². The van der Waals surface area contributed by atoms with Crippen molar-refractivity contribution in [2.75, 3.05) is 6.54 Å². The van der Waals surface area contributed by atoms with Gasteiger partial charge in [-0.05, 0) is 25.0 Å². The molecule has 0 atom stereocenters. The molecular weight excluding hydrogens is 338 g/mol. The fraction of sp³-hybridized carbons (Fsp3) is 0.318. The van der Waals surface area contributed by atoms with E-state index in [1.54, 1.807) is 0 Å². The summed E-state index contributed by atoms with van der Waals surface area (Å²) >= 11 is 0. The Labute approximate surface area is 159 Å². The van der Waals surface area contributed by atoms with E-state index < -0.39 is 0 Å². The number of amides is 1. The van der Waals surface area contributed by atoms with Gasteiger partial charge in [-0.1, -0.05) is 48.9 Å². The van der Waals surface area contributed by atoms with Crippen molar-refractivity contribution in [2.24, 2.45) is 0 Å². The SMILES string of the molecule is CC(=O)NCCCCCc1nc2ccccc2n1CC(=O)c1ccccc1. The van der Waals surface area contributed by atoms with Gasteiger partial charge in [0.15, 0.2) is 5.78 Å². The summed E-state index contributed by atoms with van der Waals surface area (Å²) in [6.07, 6.45) is 3.75. The number of benzene rings is 2. The number of hydrogen-bond acceptors (Lipinski definition) is 3. The molecule has 0 radical (unpaired) electrons. The van der Waals surface area contributed by atoms with Crippen molar-refractivity contribution in [3.05, 3.63) is 66.0 Å². The van der Waals surface area contributed by atoms with E-state index in [0.717, 1.165) is 48.1 Å².